The van der Waals surface area contributed by atoms with Gasteiger partial charge in [-0.1, -0.05) is 44.0 Å². The van der Waals surface area contributed by atoms with Crippen molar-refractivity contribution in [1.82, 2.24) is 0 Å². The van der Waals surface area contributed by atoms with Crippen LogP contribution in [0.25, 0.3) is 0 Å². The molecule has 4 aliphatic carbocycles. The van der Waals surface area contributed by atoms with Crippen LogP contribution in [0.15, 0.2) is 23.8 Å². The van der Waals surface area contributed by atoms with E-state index in [1.54, 1.807) is 26.8 Å². The SMILES string of the molecule is CCCC(=O)O[C@]1(C(=O)C(O)Cl)[C@H](C)C[C@H]2[C@@H]3CCC4=CC(=O)C=C[C@]4(C)[C@@]3(F)[C@@H](O)C[C@@]21C. The van der Waals surface area contributed by atoms with Crippen LogP contribution in [0, 0.1) is 28.6 Å². The van der Waals surface area contributed by atoms with E-state index in [1.165, 1.54) is 12.2 Å². The second-order valence-corrected chi connectivity index (χ2v) is 11.5. The van der Waals surface area contributed by atoms with Crippen LogP contribution in [0.3, 0.4) is 0 Å². The molecule has 0 saturated heterocycles. The first-order valence-corrected chi connectivity index (χ1v) is 12.6. The number of ketones is 2. The van der Waals surface area contributed by atoms with E-state index in [4.69, 9.17) is 16.3 Å². The molecule has 0 amide bonds. The number of Topliss-reactive ketones (excluding diaryl/α,β-unsaturated/α-hetero) is 1. The highest BCUT2D eigenvalue weighted by Crippen LogP contribution is 2.71. The molecule has 0 bridgehead atoms. The van der Waals surface area contributed by atoms with Gasteiger partial charge in [-0.05, 0) is 57.1 Å². The lowest BCUT2D eigenvalue weighted by atomic mass is 9.44. The number of rotatable bonds is 5. The van der Waals surface area contributed by atoms with Gasteiger partial charge in [0.25, 0.3) is 0 Å². The second-order valence-electron chi connectivity index (χ2n) is 11.1. The highest BCUT2D eigenvalue weighted by atomic mass is 35.5. The largest absolute Gasteiger partial charge is 0.450 e. The Morgan fingerprint density at radius 1 is 1.32 bits per heavy atom. The zero-order valence-corrected chi connectivity index (χ0v) is 20.9. The average molecular weight is 497 g/mol. The van der Waals surface area contributed by atoms with E-state index < -0.39 is 63.3 Å². The number of hydrogen-bond acceptors (Lipinski definition) is 6. The molecule has 0 aromatic rings. The Morgan fingerprint density at radius 2 is 2.00 bits per heavy atom. The predicted molar refractivity (Wildman–Crippen MR) is 123 cm³/mol. The molecule has 6 nitrogen and oxygen atoms in total. The third kappa shape index (κ3) is 3.09. The van der Waals surface area contributed by atoms with Gasteiger partial charge in [-0.2, -0.15) is 0 Å². The molecule has 1 unspecified atom stereocenters. The van der Waals surface area contributed by atoms with Gasteiger partial charge in [0.15, 0.2) is 22.6 Å². The van der Waals surface area contributed by atoms with Crippen LogP contribution in [-0.2, 0) is 19.1 Å². The fraction of sp³-hybridized carbons (Fsp3) is 0.731. The van der Waals surface area contributed by atoms with Gasteiger partial charge < -0.3 is 14.9 Å². The van der Waals surface area contributed by atoms with Crippen molar-refractivity contribution in [3.63, 3.8) is 0 Å². The van der Waals surface area contributed by atoms with Crippen LogP contribution in [0.5, 0.6) is 0 Å². The molecule has 3 saturated carbocycles. The van der Waals surface area contributed by atoms with E-state index in [2.05, 4.69) is 0 Å². The zero-order valence-electron chi connectivity index (χ0n) is 20.1. The van der Waals surface area contributed by atoms with Crippen molar-refractivity contribution in [2.75, 3.05) is 0 Å². The smallest absolute Gasteiger partial charge is 0.306 e. The van der Waals surface area contributed by atoms with Crippen molar-refractivity contribution >= 4 is 29.1 Å². The number of hydrogen-bond donors (Lipinski definition) is 2. The van der Waals surface area contributed by atoms with Crippen molar-refractivity contribution in [2.24, 2.45) is 28.6 Å². The number of halogens is 2. The summed E-state index contributed by atoms with van der Waals surface area (Å²) in [7, 11) is 0. The first-order chi connectivity index (χ1) is 15.8. The minimum atomic E-state index is -2.07. The molecule has 0 aromatic carbocycles. The van der Waals surface area contributed by atoms with Gasteiger partial charge in [-0.25, -0.2) is 4.39 Å². The Hall–Kier alpha value is -1.57. The minimum Gasteiger partial charge on any atom is -0.450 e. The van der Waals surface area contributed by atoms with Gasteiger partial charge in [0, 0.05) is 29.1 Å². The van der Waals surface area contributed by atoms with E-state index in [-0.39, 0.29) is 18.6 Å². The summed E-state index contributed by atoms with van der Waals surface area (Å²) in [4.78, 5) is 38.2. The molecular weight excluding hydrogens is 463 g/mol. The molecule has 4 rings (SSSR count). The molecule has 8 heteroatoms. The van der Waals surface area contributed by atoms with Crippen LogP contribution in [0.1, 0.15) is 66.2 Å². The molecule has 2 N–H and O–H groups in total. The lowest BCUT2D eigenvalue weighted by Crippen LogP contribution is -2.70. The molecule has 4 aliphatic rings. The summed E-state index contributed by atoms with van der Waals surface area (Å²) in [5.74, 6) is -3.18. The third-order valence-electron chi connectivity index (χ3n) is 9.49. The molecule has 3 fully saturated rings. The number of carbonyl (C=O) groups excluding carboxylic acids is 3. The van der Waals surface area contributed by atoms with Crippen LogP contribution in [0.2, 0.25) is 0 Å². The van der Waals surface area contributed by atoms with Crippen LogP contribution in [0.4, 0.5) is 4.39 Å². The standard InChI is InChI=1S/C26H34ClFO6/c1-5-6-20(31)34-26(21(32)22(27)33)14(2)11-18-17-8-7-15-12-16(29)9-10-23(15,3)25(17,28)19(30)13-24(18,26)4/h9-10,12,14,17-19,22,30,33H,5-8,11,13H2,1-4H3/t14-,17+,18+,19+,22?,23+,24+,25+,26+/m1/s1. The topological polar surface area (TPSA) is 101 Å². The second kappa shape index (κ2) is 8.24. The fourth-order valence-electron chi connectivity index (χ4n) is 7.93. The molecule has 34 heavy (non-hydrogen) atoms. The summed E-state index contributed by atoms with van der Waals surface area (Å²) >= 11 is 5.87. The number of aliphatic hydroxyl groups excluding tert-OH is 2. The van der Waals surface area contributed by atoms with Crippen molar-refractivity contribution < 1.29 is 33.7 Å². The van der Waals surface area contributed by atoms with E-state index in [0.717, 1.165) is 0 Å². The molecule has 0 heterocycles. The molecular formula is C26H34ClFO6. The summed E-state index contributed by atoms with van der Waals surface area (Å²) in [6, 6.07) is 0. The van der Waals surface area contributed by atoms with Gasteiger partial charge in [-0.3, -0.25) is 14.4 Å². The molecule has 0 spiro atoms. The Balaban J connectivity index is 1.84. The highest BCUT2D eigenvalue weighted by Gasteiger charge is 2.77. The maximum atomic E-state index is 17.3. The molecule has 0 aromatic heterocycles. The van der Waals surface area contributed by atoms with Gasteiger partial charge in [0.2, 0.25) is 5.78 Å². The van der Waals surface area contributed by atoms with Gasteiger partial charge >= 0.3 is 5.97 Å². The van der Waals surface area contributed by atoms with Crippen LogP contribution in [-0.4, -0.2) is 50.7 Å². The number of carbonyl (C=O) groups is 3. The number of alkyl halides is 2. The Morgan fingerprint density at radius 3 is 2.62 bits per heavy atom. The Bertz CT molecular complexity index is 976. The normalized spacial score (nSPS) is 46.1. The van der Waals surface area contributed by atoms with Crippen molar-refractivity contribution in [3.8, 4) is 0 Å². The third-order valence-corrected chi connectivity index (χ3v) is 9.69. The Labute approximate surface area is 204 Å². The zero-order chi connectivity index (χ0) is 25.3. The minimum absolute atomic E-state index is 0.0883. The first-order valence-electron chi connectivity index (χ1n) is 12.2. The Kier molecular flexibility index (Phi) is 6.19. The van der Waals surface area contributed by atoms with Gasteiger partial charge in [0.1, 0.15) is 0 Å². The molecule has 0 aliphatic heterocycles. The number of fused-ring (bicyclic) bond motifs is 5. The fourth-order valence-corrected chi connectivity index (χ4v) is 8.10. The summed E-state index contributed by atoms with van der Waals surface area (Å²) < 4.78 is 23.2. The number of allylic oxidation sites excluding steroid dienone is 4. The summed E-state index contributed by atoms with van der Waals surface area (Å²) in [5.41, 5.74) is -7.36. The predicted octanol–water partition coefficient (Wildman–Crippen LogP) is 3.81. The van der Waals surface area contributed by atoms with E-state index in [1.807, 2.05) is 6.92 Å². The van der Waals surface area contributed by atoms with Crippen LogP contribution < -0.4 is 0 Å². The monoisotopic (exact) mass is 496 g/mol. The van der Waals surface area contributed by atoms with Crippen molar-refractivity contribution in [2.45, 2.75) is 89.2 Å². The summed E-state index contributed by atoms with van der Waals surface area (Å²) in [5, 5.41) is 21.6. The van der Waals surface area contributed by atoms with E-state index in [9.17, 15) is 24.6 Å². The molecule has 9 atom stereocenters. The molecule has 188 valence electrons. The number of ether oxygens (including phenoxy) is 1. The maximum Gasteiger partial charge on any atom is 0.306 e. The van der Waals surface area contributed by atoms with Crippen molar-refractivity contribution in [3.05, 3.63) is 23.8 Å². The number of esters is 1. The summed E-state index contributed by atoms with van der Waals surface area (Å²) in [6.07, 6.45) is 4.63. The van der Waals surface area contributed by atoms with E-state index in [0.29, 0.717) is 31.3 Å². The molecule has 0 radical (unpaired) electrons. The van der Waals surface area contributed by atoms with E-state index >= 15 is 4.39 Å². The van der Waals surface area contributed by atoms with Crippen molar-refractivity contribution in [1.29, 1.82) is 0 Å². The van der Waals surface area contributed by atoms with Gasteiger partial charge in [-0.15, -0.1) is 0 Å². The lowest BCUT2D eigenvalue weighted by Gasteiger charge is -2.62. The summed E-state index contributed by atoms with van der Waals surface area (Å²) in [6.45, 7) is 7.06. The average Bonchev–Trinajstić information content (AvgIpc) is 2.96. The number of aliphatic hydroxyl groups is 2. The quantitative estimate of drug-likeness (QED) is 0.443. The maximum absolute atomic E-state index is 17.3. The lowest BCUT2D eigenvalue weighted by molar-refractivity contribution is -0.229. The van der Waals surface area contributed by atoms with Gasteiger partial charge in [0.05, 0.1) is 6.10 Å². The highest BCUT2D eigenvalue weighted by molar-refractivity contribution is 6.31. The van der Waals surface area contributed by atoms with Crippen LogP contribution >= 0.6 is 11.6 Å². The first kappa shape index (κ1) is 25.5.